The van der Waals surface area contributed by atoms with Gasteiger partial charge in [-0.05, 0) is 18.4 Å². The maximum Gasteiger partial charge on any atom is 0.201 e. The molecule has 78 valence electrons. The van der Waals surface area contributed by atoms with Gasteiger partial charge in [0.2, 0.25) is 5.95 Å². The van der Waals surface area contributed by atoms with Crippen molar-refractivity contribution in [1.29, 1.82) is 0 Å². The zero-order valence-corrected chi connectivity index (χ0v) is 8.72. The van der Waals surface area contributed by atoms with E-state index in [1.165, 1.54) is 12.8 Å². The fourth-order valence-corrected chi connectivity index (χ4v) is 2.30. The van der Waals surface area contributed by atoms with Crippen LogP contribution >= 0.6 is 0 Å². The topological polar surface area (TPSA) is 56.7 Å². The summed E-state index contributed by atoms with van der Waals surface area (Å²) in [6.07, 6.45) is 6.01. The first-order valence-corrected chi connectivity index (χ1v) is 5.38. The number of anilines is 1. The number of aromatic nitrogens is 3. The van der Waals surface area contributed by atoms with Crippen LogP contribution in [0.4, 0.5) is 5.95 Å². The predicted octanol–water partition coefficient (Wildman–Crippen LogP) is 1.98. The zero-order valence-electron chi connectivity index (χ0n) is 8.72. The van der Waals surface area contributed by atoms with Crippen molar-refractivity contribution in [3.05, 3.63) is 18.5 Å². The number of nitrogens with zero attached hydrogens (tertiary/aromatic N) is 3. The molecule has 1 aliphatic rings. The number of pyridine rings is 1. The van der Waals surface area contributed by atoms with E-state index in [0.29, 0.717) is 12.0 Å². The van der Waals surface area contributed by atoms with E-state index in [9.17, 15) is 0 Å². The van der Waals surface area contributed by atoms with Crippen LogP contribution in [0.2, 0.25) is 0 Å². The summed E-state index contributed by atoms with van der Waals surface area (Å²) in [5, 5.41) is 0. The van der Waals surface area contributed by atoms with Crippen molar-refractivity contribution in [2.45, 2.75) is 25.8 Å². The molecule has 0 spiro atoms. The molecule has 3 rings (SSSR count). The quantitative estimate of drug-likeness (QED) is 0.810. The number of fused-ring (bicyclic) bond motifs is 1. The Balaban J connectivity index is 2.13. The molecule has 2 N–H and O–H groups in total. The minimum absolute atomic E-state index is 0.558. The molecule has 0 saturated heterocycles. The average Bonchev–Trinajstić information content (AvgIpc) is 2.93. The van der Waals surface area contributed by atoms with Gasteiger partial charge in [-0.1, -0.05) is 13.3 Å². The molecule has 2 unspecified atom stereocenters. The van der Waals surface area contributed by atoms with Gasteiger partial charge in [-0.15, -0.1) is 0 Å². The van der Waals surface area contributed by atoms with Crippen molar-refractivity contribution in [2.75, 3.05) is 5.73 Å². The molecule has 0 aliphatic heterocycles. The Morgan fingerprint density at radius 3 is 3.20 bits per heavy atom. The van der Waals surface area contributed by atoms with Crippen LogP contribution in [-0.4, -0.2) is 14.5 Å². The van der Waals surface area contributed by atoms with Gasteiger partial charge >= 0.3 is 0 Å². The summed E-state index contributed by atoms with van der Waals surface area (Å²) < 4.78 is 2.16. The Bertz CT molecular complexity index is 502. The fourth-order valence-electron chi connectivity index (χ4n) is 2.30. The number of rotatable bonds is 2. The molecular formula is C11H14N4. The minimum Gasteiger partial charge on any atom is -0.369 e. The highest BCUT2D eigenvalue weighted by Crippen LogP contribution is 2.47. The monoisotopic (exact) mass is 202 g/mol. The largest absolute Gasteiger partial charge is 0.369 e. The Morgan fingerprint density at radius 1 is 1.60 bits per heavy atom. The average molecular weight is 202 g/mol. The summed E-state index contributed by atoms with van der Waals surface area (Å²) in [5.41, 5.74) is 7.95. The maximum absolute atomic E-state index is 5.94. The van der Waals surface area contributed by atoms with Crippen molar-refractivity contribution >= 4 is 17.0 Å². The van der Waals surface area contributed by atoms with Gasteiger partial charge in [0.05, 0.1) is 11.7 Å². The van der Waals surface area contributed by atoms with Crippen LogP contribution < -0.4 is 5.73 Å². The van der Waals surface area contributed by atoms with Crippen LogP contribution in [0.1, 0.15) is 25.8 Å². The molecule has 4 heteroatoms. The molecule has 0 aromatic carbocycles. The maximum atomic E-state index is 5.94. The normalized spacial score (nSPS) is 24.6. The van der Waals surface area contributed by atoms with Gasteiger partial charge in [-0.3, -0.25) is 4.98 Å². The minimum atomic E-state index is 0.558. The van der Waals surface area contributed by atoms with E-state index in [4.69, 9.17) is 5.73 Å². The standard InChI is InChI=1S/C11H14N4/c1-2-7-5-10(7)15-9-3-4-13-6-8(9)14-11(15)12/h3-4,6-7,10H,2,5H2,1H3,(H2,12,14). The van der Waals surface area contributed by atoms with Crippen molar-refractivity contribution in [3.8, 4) is 0 Å². The van der Waals surface area contributed by atoms with E-state index in [1.807, 2.05) is 6.07 Å². The molecule has 1 aliphatic carbocycles. The van der Waals surface area contributed by atoms with Gasteiger partial charge in [-0.2, -0.15) is 0 Å². The SMILES string of the molecule is CCC1CC1n1c(N)nc2cnccc21. The van der Waals surface area contributed by atoms with Crippen molar-refractivity contribution in [1.82, 2.24) is 14.5 Å². The van der Waals surface area contributed by atoms with E-state index < -0.39 is 0 Å². The Morgan fingerprint density at radius 2 is 2.47 bits per heavy atom. The second-order valence-corrected chi connectivity index (χ2v) is 4.18. The molecule has 4 nitrogen and oxygen atoms in total. The zero-order chi connectivity index (χ0) is 10.4. The van der Waals surface area contributed by atoms with E-state index in [1.54, 1.807) is 12.4 Å². The second-order valence-electron chi connectivity index (χ2n) is 4.18. The highest BCUT2D eigenvalue weighted by atomic mass is 15.2. The number of nitrogens with two attached hydrogens (primary N) is 1. The molecule has 0 radical (unpaired) electrons. The molecule has 2 aromatic rings. The lowest BCUT2D eigenvalue weighted by atomic mass is 10.3. The van der Waals surface area contributed by atoms with Crippen molar-refractivity contribution in [2.24, 2.45) is 5.92 Å². The molecule has 2 atom stereocenters. The van der Waals surface area contributed by atoms with Crippen LogP contribution in [0, 0.1) is 5.92 Å². The van der Waals surface area contributed by atoms with Crippen LogP contribution in [-0.2, 0) is 0 Å². The molecule has 0 amide bonds. The van der Waals surface area contributed by atoms with E-state index in [-0.39, 0.29) is 0 Å². The van der Waals surface area contributed by atoms with Crippen LogP contribution in [0.25, 0.3) is 11.0 Å². The summed E-state index contributed by atoms with van der Waals surface area (Å²) >= 11 is 0. The summed E-state index contributed by atoms with van der Waals surface area (Å²) in [5.74, 6) is 1.40. The third kappa shape index (κ3) is 1.21. The lowest BCUT2D eigenvalue weighted by molar-refractivity contribution is 0.661. The second kappa shape index (κ2) is 2.95. The smallest absolute Gasteiger partial charge is 0.201 e. The van der Waals surface area contributed by atoms with Crippen molar-refractivity contribution < 1.29 is 0 Å². The fraction of sp³-hybridized carbons (Fsp3) is 0.455. The lowest BCUT2D eigenvalue weighted by Gasteiger charge is -2.04. The summed E-state index contributed by atoms with van der Waals surface area (Å²) in [6, 6.07) is 2.55. The summed E-state index contributed by atoms with van der Waals surface area (Å²) in [6.45, 7) is 2.22. The predicted molar refractivity (Wildman–Crippen MR) is 59.4 cm³/mol. The van der Waals surface area contributed by atoms with E-state index >= 15 is 0 Å². The third-order valence-electron chi connectivity index (χ3n) is 3.26. The molecule has 0 bridgehead atoms. The number of nitrogen functional groups attached to an aromatic ring is 1. The number of hydrogen-bond donors (Lipinski definition) is 1. The van der Waals surface area contributed by atoms with Crippen LogP contribution in [0.15, 0.2) is 18.5 Å². The van der Waals surface area contributed by atoms with Gasteiger partial charge in [0.25, 0.3) is 0 Å². The Hall–Kier alpha value is -1.58. The van der Waals surface area contributed by atoms with Crippen molar-refractivity contribution in [3.63, 3.8) is 0 Å². The van der Waals surface area contributed by atoms with Crippen LogP contribution in [0.3, 0.4) is 0 Å². The molecule has 15 heavy (non-hydrogen) atoms. The Labute approximate surface area is 88.1 Å². The van der Waals surface area contributed by atoms with Gasteiger partial charge in [0.15, 0.2) is 0 Å². The van der Waals surface area contributed by atoms with Gasteiger partial charge in [0, 0.05) is 12.2 Å². The third-order valence-corrected chi connectivity index (χ3v) is 3.26. The number of imidazole rings is 1. The first kappa shape index (κ1) is 8.71. The first-order chi connectivity index (χ1) is 7.31. The lowest BCUT2D eigenvalue weighted by Crippen LogP contribution is -2.02. The molecule has 2 aromatic heterocycles. The van der Waals surface area contributed by atoms with Crippen LogP contribution in [0.5, 0.6) is 0 Å². The molecule has 1 fully saturated rings. The molecule has 2 heterocycles. The number of hydrogen-bond acceptors (Lipinski definition) is 3. The van der Waals surface area contributed by atoms with Gasteiger partial charge in [0.1, 0.15) is 5.52 Å². The Kier molecular flexibility index (Phi) is 1.71. The summed E-state index contributed by atoms with van der Waals surface area (Å²) in [4.78, 5) is 8.38. The van der Waals surface area contributed by atoms with Gasteiger partial charge in [-0.25, -0.2) is 4.98 Å². The van der Waals surface area contributed by atoms with Gasteiger partial charge < -0.3 is 10.3 Å². The molecule has 1 saturated carbocycles. The highest BCUT2D eigenvalue weighted by molar-refractivity contribution is 5.77. The highest BCUT2D eigenvalue weighted by Gasteiger charge is 2.38. The van der Waals surface area contributed by atoms with E-state index in [2.05, 4.69) is 21.5 Å². The molecular weight excluding hydrogens is 188 g/mol. The first-order valence-electron chi connectivity index (χ1n) is 5.38. The van der Waals surface area contributed by atoms with E-state index in [0.717, 1.165) is 17.0 Å². The summed E-state index contributed by atoms with van der Waals surface area (Å²) in [7, 11) is 0.